The molecule has 2 saturated carbocycles. The van der Waals surface area contributed by atoms with Gasteiger partial charge in [-0.3, -0.25) is 4.79 Å². The molecule has 0 spiro atoms. The summed E-state index contributed by atoms with van der Waals surface area (Å²) in [6, 6.07) is 0. The molecule has 1 aromatic heterocycles. The third-order valence-corrected chi connectivity index (χ3v) is 3.36. The van der Waals surface area contributed by atoms with E-state index in [-0.39, 0.29) is 11.7 Å². The Hall–Kier alpha value is -1.12. The van der Waals surface area contributed by atoms with Gasteiger partial charge in [0.25, 0.3) is 0 Å². The first-order chi connectivity index (χ1) is 7.34. The van der Waals surface area contributed by atoms with E-state index in [0.717, 1.165) is 25.3 Å². The Kier molecular flexibility index (Phi) is 2.11. The van der Waals surface area contributed by atoms with Crippen LogP contribution < -0.4 is 0 Å². The number of hydrogen-bond donors (Lipinski definition) is 0. The molecule has 0 amide bonds. The molecule has 15 heavy (non-hydrogen) atoms. The monoisotopic (exact) mass is 204 g/mol. The Morgan fingerprint density at radius 3 is 2.87 bits per heavy atom. The lowest BCUT2D eigenvalue weighted by Crippen LogP contribution is -2.12. The largest absolute Gasteiger partial charge is 0.329 e. The molecule has 0 aliphatic heterocycles. The Labute approximate surface area is 89.5 Å². The zero-order valence-electron chi connectivity index (χ0n) is 8.85. The zero-order chi connectivity index (χ0) is 10.3. The van der Waals surface area contributed by atoms with Crippen molar-refractivity contribution in [2.75, 3.05) is 0 Å². The maximum Gasteiger partial charge on any atom is 0.201 e. The normalized spacial score (nSPS) is 20.5. The van der Waals surface area contributed by atoms with Gasteiger partial charge in [0.15, 0.2) is 5.82 Å². The third kappa shape index (κ3) is 1.96. The molecule has 0 N–H and O–H groups in total. The number of aromatic nitrogens is 2. The summed E-state index contributed by atoms with van der Waals surface area (Å²) >= 11 is 0. The highest BCUT2D eigenvalue weighted by molar-refractivity contribution is 5.96. The molecule has 1 heterocycles. The van der Waals surface area contributed by atoms with Crippen molar-refractivity contribution in [3.8, 4) is 0 Å². The van der Waals surface area contributed by atoms with Gasteiger partial charge in [0.2, 0.25) is 5.78 Å². The average molecular weight is 204 g/mol. The van der Waals surface area contributed by atoms with Crippen molar-refractivity contribution >= 4 is 5.78 Å². The summed E-state index contributed by atoms with van der Waals surface area (Å²) in [6.45, 7) is 0.971. The molecule has 1 aromatic rings. The van der Waals surface area contributed by atoms with Crippen LogP contribution in [0.4, 0.5) is 0 Å². The highest BCUT2D eigenvalue weighted by atomic mass is 16.1. The SMILES string of the molecule is O=C(c1nccn1CCC1CC1)C1CC1. The van der Waals surface area contributed by atoms with Crippen molar-refractivity contribution in [2.24, 2.45) is 11.8 Å². The number of Topliss-reactive ketones (excluding diaryl/α,β-unsaturated/α-hetero) is 1. The van der Waals surface area contributed by atoms with Gasteiger partial charge in [-0.1, -0.05) is 12.8 Å². The molecule has 0 unspecified atom stereocenters. The zero-order valence-corrected chi connectivity index (χ0v) is 8.85. The maximum atomic E-state index is 11.9. The van der Waals surface area contributed by atoms with Crippen molar-refractivity contribution in [1.29, 1.82) is 0 Å². The minimum Gasteiger partial charge on any atom is -0.329 e. The molecule has 2 aliphatic carbocycles. The summed E-state index contributed by atoms with van der Waals surface area (Å²) in [5.41, 5.74) is 0. The smallest absolute Gasteiger partial charge is 0.201 e. The van der Waals surface area contributed by atoms with Crippen LogP contribution in [-0.4, -0.2) is 15.3 Å². The summed E-state index contributed by atoms with van der Waals surface area (Å²) in [6.07, 6.45) is 9.78. The fourth-order valence-corrected chi connectivity index (χ4v) is 1.97. The van der Waals surface area contributed by atoms with E-state index in [4.69, 9.17) is 0 Å². The molecule has 80 valence electrons. The number of hydrogen-bond acceptors (Lipinski definition) is 2. The fraction of sp³-hybridized carbons (Fsp3) is 0.667. The van der Waals surface area contributed by atoms with Gasteiger partial charge >= 0.3 is 0 Å². The Bertz CT molecular complexity index is 375. The van der Waals surface area contributed by atoms with E-state index < -0.39 is 0 Å². The quantitative estimate of drug-likeness (QED) is 0.690. The van der Waals surface area contributed by atoms with E-state index in [1.807, 2.05) is 10.8 Å². The second-order valence-electron chi connectivity index (χ2n) is 4.81. The summed E-state index contributed by atoms with van der Waals surface area (Å²) in [4.78, 5) is 16.1. The van der Waals surface area contributed by atoms with E-state index in [2.05, 4.69) is 4.98 Å². The van der Waals surface area contributed by atoms with Crippen molar-refractivity contribution in [2.45, 2.75) is 38.6 Å². The molecular weight excluding hydrogens is 188 g/mol. The highest BCUT2D eigenvalue weighted by Crippen LogP contribution is 2.34. The molecule has 2 fully saturated rings. The molecule has 0 bridgehead atoms. The topological polar surface area (TPSA) is 34.9 Å². The van der Waals surface area contributed by atoms with E-state index in [0.29, 0.717) is 5.82 Å². The Morgan fingerprint density at radius 2 is 2.20 bits per heavy atom. The molecule has 0 radical (unpaired) electrons. The predicted molar refractivity (Wildman–Crippen MR) is 56.6 cm³/mol. The fourth-order valence-electron chi connectivity index (χ4n) is 1.97. The van der Waals surface area contributed by atoms with E-state index in [1.165, 1.54) is 19.3 Å². The third-order valence-electron chi connectivity index (χ3n) is 3.36. The summed E-state index contributed by atoms with van der Waals surface area (Å²) < 4.78 is 2.04. The number of nitrogens with zero attached hydrogens (tertiary/aromatic N) is 2. The second kappa shape index (κ2) is 3.47. The van der Waals surface area contributed by atoms with Gasteiger partial charge in [-0.2, -0.15) is 0 Å². The minimum atomic E-state index is 0.260. The Balaban J connectivity index is 1.69. The average Bonchev–Trinajstić information content (AvgIpc) is 3.13. The first-order valence-corrected chi connectivity index (χ1v) is 5.90. The van der Waals surface area contributed by atoms with Gasteiger partial charge in [-0.05, 0) is 25.2 Å². The minimum absolute atomic E-state index is 0.260. The number of rotatable bonds is 5. The molecular formula is C12H16N2O. The van der Waals surface area contributed by atoms with Gasteiger partial charge in [0.1, 0.15) is 0 Å². The van der Waals surface area contributed by atoms with Crippen molar-refractivity contribution < 1.29 is 4.79 Å². The van der Waals surface area contributed by atoms with Crippen LogP contribution in [0.3, 0.4) is 0 Å². The van der Waals surface area contributed by atoms with Gasteiger partial charge in [-0.15, -0.1) is 0 Å². The van der Waals surface area contributed by atoms with Crippen LogP contribution in [0, 0.1) is 11.8 Å². The molecule has 3 heteroatoms. The van der Waals surface area contributed by atoms with Crippen molar-refractivity contribution in [3.05, 3.63) is 18.2 Å². The van der Waals surface area contributed by atoms with Crippen LogP contribution in [0.1, 0.15) is 42.7 Å². The van der Waals surface area contributed by atoms with Crippen molar-refractivity contribution in [3.63, 3.8) is 0 Å². The second-order valence-corrected chi connectivity index (χ2v) is 4.81. The molecule has 3 rings (SSSR count). The number of ketones is 1. The van der Waals surface area contributed by atoms with Gasteiger partial charge in [0, 0.05) is 24.9 Å². The number of carbonyl (C=O) groups excluding carboxylic acids is 1. The lowest BCUT2D eigenvalue weighted by atomic mass is 10.2. The summed E-state index contributed by atoms with van der Waals surface area (Å²) in [5, 5.41) is 0. The Morgan fingerprint density at radius 1 is 1.40 bits per heavy atom. The van der Waals surface area contributed by atoms with Crippen LogP contribution in [0.2, 0.25) is 0 Å². The number of imidazole rings is 1. The van der Waals surface area contributed by atoms with Crippen LogP contribution >= 0.6 is 0 Å². The molecule has 3 nitrogen and oxygen atoms in total. The number of aryl methyl sites for hydroxylation is 1. The lowest BCUT2D eigenvalue weighted by molar-refractivity contribution is 0.0953. The van der Waals surface area contributed by atoms with Crippen LogP contribution in [0.25, 0.3) is 0 Å². The standard InChI is InChI=1S/C12H16N2O/c15-11(10-3-4-10)12-13-6-8-14(12)7-5-9-1-2-9/h6,8-10H,1-5,7H2. The van der Waals surface area contributed by atoms with E-state index >= 15 is 0 Å². The molecule has 0 atom stereocenters. The summed E-state index contributed by atoms with van der Waals surface area (Å²) in [5.74, 6) is 2.15. The van der Waals surface area contributed by atoms with Crippen molar-refractivity contribution in [1.82, 2.24) is 9.55 Å². The first-order valence-electron chi connectivity index (χ1n) is 5.90. The van der Waals surface area contributed by atoms with Crippen LogP contribution in [0.5, 0.6) is 0 Å². The molecule has 0 aromatic carbocycles. The highest BCUT2D eigenvalue weighted by Gasteiger charge is 2.33. The summed E-state index contributed by atoms with van der Waals surface area (Å²) in [7, 11) is 0. The van der Waals surface area contributed by atoms with Crippen LogP contribution in [0.15, 0.2) is 12.4 Å². The number of carbonyl (C=O) groups is 1. The van der Waals surface area contributed by atoms with Crippen LogP contribution in [-0.2, 0) is 6.54 Å². The van der Waals surface area contributed by atoms with Gasteiger partial charge < -0.3 is 4.57 Å². The van der Waals surface area contributed by atoms with Gasteiger partial charge in [-0.25, -0.2) is 4.98 Å². The molecule has 2 aliphatic rings. The van der Waals surface area contributed by atoms with E-state index in [9.17, 15) is 4.79 Å². The van der Waals surface area contributed by atoms with Gasteiger partial charge in [0.05, 0.1) is 0 Å². The first kappa shape index (κ1) is 9.13. The predicted octanol–water partition coefficient (Wildman–Crippen LogP) is 2.28. The maximum absolute atomic E-state index is 11.9. The lowest BCUT2D eigenvalue weighted by Gasteiger charge is -2.05. The van der Waals surface area contributed by atoms with E-state index in [1.54, 1.807) is 6.20 Å². The molecule has 0 saturated heterocycles.